The first kappa shape index (κ1) is 24.3. The summed E-state index contributed by atoms with van der Waals surface area (Å²) in [5, 5.41) is 3.97. The molecule has 1 heterocycles. The number of aromatic nitrogens is 2. The second-order valence-corrected chi connectivity index (χ2v) is 9.09. The Morgan fingerprint density at radius 2 is 1.68 bits per heavy atom. The lowest BCUT2D eigenvalue weighted by Gasteiger charge is -2.32. The van der Waals surface area contributed by atoms with Crippen LogP contribution >= 0.6 is 0 Å². The summed E-state index contributed by atoms with van der Waals surface area (Å²) < 4.78 is 46.1. The third-order valence-electron chi connectivity index (χ3n) is 6.69. The summed E-state index contributed by atoms with van der Waals surface area (Å²) >= 11 is 0. The van der Waals surface area contributed by atoms with E-state index in [2.05, 4.69) is 39.1 Å². The first-order chi connectivity index (χ1) is 16.4. The summed E-state index contributed by atoms with van der Waals surface area (Å²) in [6, 6.07) is 16.2. The Morgan fingerprint density at radius 1 is 0.971 bits per heavy atom. The summed E-state index contributed by atoms with van der Waals surface area (Å²) in [4.78, 5) is 4.40. The van der Waals surface area contributed by atoms with Crippen LogP contribution in [0.1, 0.15) is 50.0 Å². The molecule has 0 spiro atoms. The minimum Gasteiger partial charge on any atom is -0.406 e. The van der Waals surface area contributed by atoms with Crippen molar-refractivity contribution >= 4 is 0 Å². The summed E-state index contributed by atoms with van der Waals surface area (Å²) in [5.74, 6) is 1.83. The Morgan fingerprint density at radius 3 is 2.35 bits per heavy atom. The lowest BCUT2D eigenvalue weighted by Crippen LogP contribution is -2.33. The monoisotopic (exact) mass is 473 g/mol. The molecule has 5 nitrogen and oxygen atoms in total. The fourth-order valence-electron chi connectivity index (χ4n) is 4.73. The number of nitrogens with two attached hydrogens (primary N) is 1. The number of halogens is 3. The highest BCUT2D eigenvalue weighted by Crippen LogP contribution is 2.34. The van der Waals surface area contributed by atoms with Gasteiger partial charge in [-0.05, 0) is 73.8 Å². The minimum atomic E-state index is -4.72. The molecule has 2 N–H and O–H groups in total. The topological polar surface area (TPSA) is 74.2 Å². The predicted octanol–water partition coefficient (Wildman–Crippen LogP) is 6.33. The zero-order valence-electron chi connectivity index (χ0n) is 19.0. The summed E-state index contributed by atoms with van der Waals surface area (Å²) in [6.07, 6.45) is 3.63. The van der Waals surface area contributed by atoms with Crippen LogP contribution in [0.25, 0.3) is 11.4 Å². The highest BCUT2D eigenvalue weighted by atomic mass is 19.4. The van der Waals surface area contributed by atoms with E-state index in [1.165, 1.54) is 29.8 Å². The Kier molecular flexibility index (Phi) is 7.88. The Bertz CT molecular complexity index is 1010. The molecule has 1 aromatic heterocycles. The molecule has 0 saturated heterocycles. The summed E-state index contributed by atoms with van der Waals surface area (Å²) in [6.45, 7) is 0. The Labute approximate surface area is 197 Å². The van der Waals surface area contributed by atoms with Gasteiger partial charge in [0, 0.05) is 18.0 Å². The zero-order chi connectivity index (χ0) is 24.0. The third kappa shape index (κ3) is 7.06. The van der Waals surface area contributed by atoms with E-state index >= 15 is 0 Å². The number of rotatable bonds is 9. The molecule has 1 unspecified atom stereocenters. The van der Waals surface area contributed by atoms with Crippen molar-refractivity contribution in [2.45, 2.75) is 63.8 Å². The van der Waals surface area contributed by atoms with Crippen LogP contribution in [0.15, 0.2) is 59.1 Å². The van der Waals surface area contributed by atoms with Gasteiger partial charge in [-0.2, -0.15) is 4.98 Å². The van der Waals surface area contributed by atoms with Crippen molar-refractivity contribution in [1.82, 2.24) is 10.1 Å². The van der Waals surface area contributed by atoms with Crippen molar-refractivity contribution in [3.63, 3.8) is 0 Å². The van der Waals surface area contributed by atoms with Crippen LogP contribution < -0.4 is 10.5 Å². The molecule has 0 amide bonds. The summed E-state index contributed by atoms with van der Waals surface area (Å²) in [5.41, 5.74) is 8.43. The molecule has 182 valence electrons. The van der Waals surface area contributed by atoms with E-state index < -0.39 is 6.36 Å². The number of alkyl halides is 3. The van der Waals surface area contributed by atoms with Gasteiger partial charge >= 0.3 is 6.36 Å². The maximum atomic E-state index is 12.3. The normalized spacial score (nSPS) is 19.6. The van der Waals surface area contributed by atoms with Crippen LogP contribution in [-0.2, 0) is 12.8 Å². The van der Waals surface area contributed by atoms with Crippen molar-refractivity contribution in [3.8, 4) is 17.1 Å². The van der Waals surface area contributed by atoms with Gasteiger partial charge in [0.25, 0.3) is 0 Å². The van der Waals surface area contributed by atoms with Crippen LogP contribution in [0.3, 0.4) is 0 Å². The van der Waals surface area contributed by atoms with Gasteiger partial charge in [0.2, 0.25) is 11.7 Å². The van der Waals surface area contributed by atoms with Crippen LogP contribution in [-0.4, -0.2) is 22.5 Å². The van der Waals surface area contributed by atoms with Crippen molar-refractivity contribution in [3.05, 3.63) is 66.1 Å². The molecule has 1 fully saturated rings. The van der Waals surface area contributed by atoms with E-state index in [1.54, 1.807) is 0 Å². The molecule has 34 heavy (non-hydrogen) atoms. The van der Waals surface area contributed by atoms with Gasteiger partial charge in [0.05, 0.1) is 0 Å². The van der Waals surface area contributed by atoms with E-state index in [4.69, 9.17) is 10.3 Å². The SMILES string of the molecule is NC(CCc1ccccc1)C1CCC(CCc2nc(-c3ccc(OC(F)(F)F)cc3)no2)CC1. The fraction of sp³-hybridized carbons (Fsp3) is 0.462. The number of benzene rings is 2. The highest BCUT2D eigenvalue weighted by molar-refractivity contribution is 5.55. The molecular formula is C26H30F3N3O2. The Balaban J connectivity index is 1.19. The number of hydrogen-bond donors (Lipinski definition) is 1. The lowest BCUT2D eigenvalue weighted by molar-refractivity contribution is -0.274. The average molecular weight is 474 g/mol. The van der Waals surface area contributed by atoms with E-state index in [0.29, 0.717) is 35.5 Å². The second kappa shape index (κ2) is 11.0. The molecular weight excluding hydrogens is 443 g/mol. The standard InChI is InChI=1S/C26H30F3N3O2/c27-26(28,29)33-22-14-12-21(13-15-22)25-31-24(34-32-25)17-9-19-6-10-20(11-7-19)23(30)16-8-18-4-2-1-3-5-18/h1-5,12-15,19-20,23H,6-11,16-17,30H2. The molecule has 0 radical (unpaired) electrons. The van der Waals surface area contributed by atoms with E-state index in [-0.39, 0.29) is 11.8 Å². The van der Waals surface area contributed by atoms with E-state index in [1.807, 2.05) is 6.07 Å². The minimum absolute atomic E-state index is 0.243. The molecule has 3 aromatic rings. The molecule has 0 aliphatic heterocycles. The van der Waals surface area contributed by atoms with Crippen LogP contribution in [0.4, 0.5) is 13.2 Å². The van der Waals surface area contributed by atoms with Crippen molar-refractivity contribution < 1.29 is 22.4 Å². The van der Waals surface area contributed by atoms with Crippen molar-refractivity contribution in [1.29, 1.82) is 0 Å². The van der Waals surface area contributed by atoms with Crippen molar-refractivity contribution in [2.75, 3.05) is 0 Å². The van der Waals surface area contributed by atoms with E-state index in [0.717, 1.165) is 44.9 Å². The molecule has 1 atom stereocenters. The molecule has 1 aliphatic carbocycles. The highest BCUT2D eigenvalue weighted by Gasteiger charge is 2.31. The lowest BCUT2D eigenvalue weighted by atomic mass is 9.76. The van der Waals surface area contributed by atoms with Gasteiger partial charge in [0.15, 0.2) is 0 Å². The van der Waals surface area contributed by atoms with Crippen LogP contribution in [0.2, 0.25) is 0 Å². The molecule has 1 aliphatic rings. The van der Waals surface area contributed by atoms with Gasteiger partial charge in [-0.3, -0.25) is 0 Å². The molecule has 4 rings (SSSR count). The molecule has 0 bridgehead atoms. The van der Waals surface area contributed by atoms with E-state index in [9.17, 15) is 13.2 Å². The quantitative estimate of drug-likeness (QED) is 0.393. The Hall–Kier alpha value is -2.87. The smallest absolute Gasteiger partial charge is 0.406 e. The number of hydrogen-bond acceptors (Lipinski definition) is 5. The fourth-order valence-corrected chi connectivity index (χ4v) is 4.73. The first-order valence-corrected chi connectivity index (χ1v) is 11.8. The molecule has 8 heteroatoms. The van der Waals surface area contributed by atoms with Gasteiger partial charge in [-0.15, -0.1) is 13.2 Å². The van der Waals surface area contributed by atoms with Crippen LogP contribution in [0.5, 0.6) is 5.75 Å². The third-order valence-corrected chi connectivity index (χ3v) is 6.69. The van der Waals surface area contributed by atoms with Crippen molar-refractivity contribution in [2.24, 2.45) is 17.6 Å². The second-order valence-electron chi connectivity index (χ2n) is 9.09. The maximum absolute atomic E-state index is 12.3. The maximum Gasteiger partial charge on any atom is 0.573 e. The van der Waals surface area contributed by atoms with Gasteiger partial charge in [-0.25, -0.2) is 0 Å². The van der Waals surface area contributed by atoms with Crippen LogP contribution in [0, 0.1) is 11.8 Å². The predicted molar refractivity (Wildman–Crippen MR) is 123 cm³/mol. The number of aryl methyl sites for hydroxylation is 2. The zero-order valence-corrected chi connectivity index (χ0v) is 19.0. The molecule has 2 aromatic carbocycles. The first-order valence-electron chi connectivity index (χ1n) is 11.8. The average Bonchev–Trinajstić information content (AvgIpc) is 3.31. The number of ether oxygens (including phenoxy) is 1. The van der Waals surface area contributed by atoms with Gasteiger partial charge in [-0.1, -0.05) is 48.3 Å². The van der Waals surface area contributed by atoms with Gasteiger partial charge < -0.3 is 15.0 Å². The number of nitrogens with zero attached hydrogens (tertiary/aromatic N) is 2. The molecule has 1 saturated carbocycles. The van der Waals surface area contributed by atoms with Gasteiger partial charge in [0.1, 0.15) is 5.75 Å². The largest absolute Gasteiger partial charge is 0.573 e. The summed E-state index contributed by atoms with van der Waals surface area (Å²) in [7, 11) is 0.